The maximum Gasteiger partial charge on any atom is 0.0127 e. The number of hydrogen-bond acceptors (Lipinski definition) is 0. The van der Waals surface area contributed by atoms with Gasteiger partial charge in [0.05, 0.1) is 0 Å². The lowest BCUT2D eigenvalue weighted by atomic mass is 9.43. The minimum atomic E-state index is 0.293. The summed E-state index contributed by atoms with van der Waals surface area (Å²) in [6.07, 6.45) is 20.9. The summed E-state index contributed by atoms with van der Waals surface area (Å²) in [5, 5.41) is 0. The first kappa shape index (κ1) is 20.7. The van der Waals surface area contributed by atoms with E-state index in [0.717, 1.165) is 41.4 Å². The number of hydrogen-bond donors (Lipinski definition) is 0. The van der Waals surface area contributed by atoms with Crippen molar-refractivity contribution >= 4 is 0 Å². The molecule has 4 aliphatic carbocycles. The molecule has 0 N–H and O–H groups in total. The Hall–Kier alpha value is -0.520. The average Bonchev–Trinajstić information content (AvgIpc) is 2.80. The Labute approximate surface area is 175 Å². The Morgan fingerprint density at radius 1 is 1.00 bits per heavy atom. The highest BCUT2D eigenvalue weighted by molar-refractivity contribution is 5.39. The molecule has 158 valence electrons. The lowest BCUT2D eigenvalue weighted by molar-refractivity contribution is -0.119. The zero-order valence-corrected chi connectivity index (χ0v) is 19.6. The van der Waals surface area contributed by atoms with Crippen LogP contribution in [0.2, 0.25) is 0 Å². The predicted octanol–water partition coefficient (Wildman–Crippen LogP) is 8.44. The van der Waals surface area contributed by atoms with Crippen molar-refractivity contribution in [2.24, 2.45) is 52.3 Å². The number of rotatable bonds is 6. The lowest BCUT2D eigenvalue weighted by Gasteiger charge is -2.60. The van der Waals surface area contributed by atoms with E-state index in [1.165, 1.54) is 57.8 Å². The molecule has 0 saturated heterocycles. The van der Waals surface area contributed by atoms with Gasteiger partial charge in [0.2, 0.25) is 0 Å². The van der Waals surface area contributed by atoms with Gasteiger partial charge in [-0.05, 0) is 98.7 Å². The molecule has 8 unspecified atom stereocenters. The Bertz CT molecular complexity index is 624. The maximum absolute atomic E-state index is 2.77. The molecule has 28 heavy (non-hydrogen) atoms. The number of allylic oxidation sites excluding steroid dienone is 4. The molecule has 0 aliphatic heterocycles. The second-order valence-electron chi connectivity index (χ2n) is 10.9. The molecule has 0 heteroatoms. The molecule has 0 aromatic heterocycles. The van der Waals surface area contributed by atoms with Gasteiger partial charge in [-0.3, -0.25) is 0 Å². The first-order valence-electron chi connectivity index (χ1n) is 12.9. The molecule has 0 spiro atoms. The zero-order chi connectivity index (χ0) is 20.1. The van der Waals surface area contributed by atoms with Gasteiger partial charge >= 0.3 is 0 Å². The van der Waals surface area contributed by atoms with Gasteiger partial charge in [-0.2, -0.15) is 0 Å². The highest BCUT2D eigenvalue weighted by Gasteiger charge is 2.69. The first-order chi connectivity index (χ1) is 13.5. The average molecular weight is 383 g/mol. The molecular weight excluding hydrogens is 336 g/mol. The van der Waals surface area contributed by atoms with Crippen molar-refractivity contribution < 1.29 is 0 Å². The third-order valence-corrected chi connectivity index (χ3v) is 10.6. The fourth-order valence-corrected chi connectivity index (χ4v) is 9.32. The minimum Gasteiger partial charge on any atom is -0.0873 e. The van der Waals surface area contributed by atoms with Crippen LogP contribution < -0.4 is 0 Å². The van der Waals surface area contributed by atoms with Gasteiger partial charge in [0.1, 0.15) is 0 Å². The fraction of sp³-hybridized carbons (Fsp3) is 0.857. The van der Waals surface area contributed by atoms with Crippen LogP contribution in [0.3, 0.4) is 0 Å². The third kappa shape index (κ3) is 2.48. The van der Waals surface area contributed by atoms with E-state index in [-0.39, 0.29) is 0 Å². The maximum atomic E-state index is 2.77. The van der Waals surface area contributed by atoms with E-state index in [4.69, 9.17) is 0 Å². The Morgan fingerprint density at radius 3 is 2.21 bits per heavy atom. The van der Waals surface area contributed by atoms with Gasteiger partial charge < -0.3 is 0 Å². The van der Waals surface area contributed by atoms with Gasteiger partial charge in [-0.25, -0.2) is 0 Å². The van der Waals surface area contributed by atoms with Crippen LogP contribution in [0.1, 0.15) is 99.3 Å². The summed E-state index contributed by atoms with van der Waals surface area (Å²) in [4.78, 5) is 0. The van der Waals surface area contributed by atoms with Crippen LogP contribution in [0.4, 0.5) is 0 Å². The van der Waals surface area contributed by atoms with Crippen molar-refractivity contribution in [1.82, 2.24) is 0 Å². The van der Waals surface area contributed by atoms with E-state index in [0.29, 0.717) is 10.8 Å². The van der Waals surface area contributed by atoms with Crippen LogP contribution in [0.15, 0.2) is 23.8 Å². The van der Waals surface area contributed by atoms with Crippen molar-refractivity contribution in [2.45, 2.75) is 99.3 Å². The normalized spacial score (nSPS) is 51.2. The standard InChI is InChI=1S/C28H46/c1-7-12-20-17-18-27(6)24(10-4)21(9-3)26(23-14-13-19(23)8-2)28(27,11-5)25-16-15-22(20)25/h10,17-23,25-26H,7-9,11-16H2,1-6H3/b24-10+/t19?,20?,21?,22-,23?,25?,26?,27?,28?/m0/s1. The molecule has 3 saturated carbocycles. The van der Waals surface area contributed by atoms with Gasteiger partial charge in [-0.1, -0.05) is 71.3 Å². The summed E-state index contributed by atoms with van der Waals surface area (Å²) in [7, 11) is 0. The molecule has 0 radical (unpaired) electrons. The monoisotopic (exact) mass is 382 g/mol. The molecule has 0 bridgehead atoms. The molecule has 0 amide bonds. The fourth-order valence-electron chi connectivity index (χ4n) is 9.32. The molecule has 0 heterocycles. The smallest absolute Gasteiger partial charge is 0.0127 e. The quantitative estimate of drug-likeness (QED) is 0.404. The highest BCUT2D eigenvalue weighted by Crippen LogP contribution is 2.76. The van der Waals surface area contributed by atoms with Crippen molar-refractivity contribution in [3.05, 3.63) is 23.8 Å². The van der Waals surface area contributed by atoms with Crippen molar-refractivity contribution in [3.8, 4) is 0 Å². The largest absolute Gasteiger partial charge is 0.0873 e. The summed E-state index contributed by atoms with van der Waals surface area (Å²) < 4.78 is 0. The second kappa shape index (κ2) is 7.63. The van der Waals surface area contributed by atoms with Crippen LogP contribution in [0, 0.1) is 52.3 Å². The van der Waals surface area contributed by atoms with E-state index in [1.807, 2.05) is 5.57 Å². The van der Waals surface area contributed by atoms with Gasteiger partial charge in [-0.15, -0.1) is 0 Å². The van der Waals surface area contributed by atoms with Crippen LogP contribution >= 0.6 is 0 Å². The Morgan fingerprint density at radius 2 is 1.75 bits per heavy atom. The van der Waals surface area contributed by atoms with E-state index < -0.39 is 0 Å². The molecule has 3 fully saturated rings. The third-order valence-electron chi connectivity index (χ3n) is 10.6. The van der Waals surface area contributed by atoms with E-state index in [2.05, 4.69) is 59.8 Å². The predicted molar refractivity (Wildman–Crippen MR) is 122 cm³/mol. The van der Waals surface area contributed by atoms with Gasteiger partial charge in [0, 0.05) is 5.41 Å². The minimum absolute atomic E-state index is 0.293. The molecule has 4 rings (SSSR count). The van der Waals surface area contributed by atoms with Crippen LogP contribution in [-0.4, -0.2) is 0 Å². The topological polar surface area (TPSA) is 0 Å². The first-order valence-corrected chi connectivity index (χ1v) is 12.9. The van der Waals surface area contributed by atoms with Crippen LogP contribution in [0.5, 0.6) is 0 Å². The Kier molecular flexibility index (Phi) is 5.65. The Balaban J connectivity index is 1.87. The van der Waals surface area contributed by atoms with Crippen LogP contribution in [0.25, 0.3) is 0 Å². The molecule has 0 aromatic rings. The molecule has 9 atom stereocenters. The van der Waals surface area contributed by atoms with E-state index in [1.54, 1.807) is 0 Å². The zero-order valence-electron chi connectivity index (χ0n) is 19.6. The van der Waals surface area contributed by atoms with E-state index in [9.17, 15) is 0 Å². The van der Waals surface area contributed by atoms with Crippen molar-refractivity contribution in [2.75, 3.05) is 0 Å². The SMILES string of the molecule is C/C=C1\C(CC)C(C2CCC2CC)C2(CC)C3CC[C@H]3C(CCC)C=CC12C. The molecule has 0 nitrogen and oxygen atoms in total. The highest BCUT2D eigenvalue weighted by atomic mass is 14.7. The summed E-state index contributed by atoms with van der Waals surface area (Å²) in [5.41, 5.74) is 2.62. The van der Waals surface area contributed by atoms with Gasteiger partial charge in [0.25, 0.3) is 0 Å². The summed E-state index contributed by atoms with van der Waals surface area (Å²) in [6, 6.07) is 0. The summed E-state index contributed by atoms with van der Waals surface area (Å²) in [6.45, 7) is 14.9. The number of fused-ring (bicyclic) bond motifs is 3. The molecular formula is C28H46. The van der Waals surface area contributed by atoms with Crippen LogP contribution in [-0.2, 0) is 0 Å². The molecule has 4 aliphatic rings. The summed E-state index contributed by atoms with van der Waals surface area (Å²) in [5.74, 6) is 6.51. The molecule has 0 aromatic carbocycles. The lowest BCUT2D eigenvalue weighted by Crippen LogP contribution is -2.55. The second-order valence-corrected chi connectivity index (χ2v) is 10.9. The van der Waals surface area contributed by atoms with Crippen molar-refractivity contribution in [3.63, 3.8) is 0 Å². The van der Waals surface area contributed by atoms with Crippen molar-refractivity contribution in [1.29, 1.82) is 0 Å². The van der Waals surface area contributed by atoms with E-state index >= 15 is 0 Å². The van der Waals surface area contributed by atoms with Gasteiger partial charge in [0.15, 0.2) is 0 Å². The summed E-state index contributed by atoms with van der Waals surface area (Å²) >= 11 is 0.